The molecule has 0 aliphatic rings. The second kappa shape index (κ2) is 5.82. The number of nitrogens with one attached hydrogen (secondary N) is 1. The molecule has 1 aromatic heterocycles. The minimum absolute atomic E-state index is 0.0186. The Hall–Kier alpha value is -1.57. The Kier molecular flexibility index (Phi) is 4.80. The zero-order chi connectivity index (χ0) is 15.6. The molecule has 1 aromatic rings. The SMILES string of the molecule is CC(C)(CC(=O)NCc1ccc(C(=O)O)s1)C(F)(F)F. The minimum atomic E-state index is -4.45. The molecule has 0 aliphatic carbocycles. The van der Waals surface area contributed by atoms with Crippen LogP contribution in [0.4, 0.5) is 13.2 Å². The van der Waals surface area contributed by atoms with E-state index in [2.05, 4.69) is 5.32 Å². The van der Waals surface area contributed by atoms with E-state index < -0.39 is 29.9 Å². The fourth-order valence-corrected chi connectivity index (χ4v) is 2.12. The first-order chi connectivity index (χ1) is 9.03. The molecule has 112 valence electrons. The number of alkyl halides is 3. The van der Waals surface area contributed by atoms with Crippen molar-refractivity contribution in [1.29, 1.82) is 0 Å². The number of halogens is 3. The van der Waals surface area contributed by atoms with Crippen molar-refractivity contribution >= 4 is 23.2 Å². The highest BCUT2D eigenvalue weighted by Crippen LogP contribution is 2.40. The number of thiophene rings is 1. The third-order valence-corrected chi connectivity index (χ3v) is 3.78. The van der Waals surface area contributed by atoms with E-state index >= 15 is 0 Å². The van der Waals surface area contributed by atoms with Crippen molar-refractivity contribution in [1.82, 2.24) is 5.32 Å². The number of hydrogen-bond acceptors (Lipinski definition) is 3. The normalized spacial score (nSPS) is 12.2. The molecule has 1 rings (SSSR count). The molecule has 1 heterocycles. The van der Waals surface area contributed by atoms with E-state index in [1.165, 1.54) is 12.1 Å². The third kappa shape index (κ3) is 4.22. The summed E-state index contributed by atoms with van der Waals surface area (Å²) in [7, 11) is 0. The Morgan fingerprint density at radius 2 is 1.90 bits per heavy atom. The zero-order valence-electron chi connectivity index (χ0n) is 10.9. The highest BCUT2D eigenvalue weighted by Gasteiger charge is 2.48. The molecule has 0 unspecified atom stereocenters. The lowest BCUT2D eigenvalue weighted by Crippen LogP contribution is -2.37. The number of aromatic carboxylic acids is 1. The summed E-state index contributed by atoms with van der Waals surface area (Å²) in [6.45, 7) is 1.94. The number of carbonyl (C=O) groups is 2. The largest absolute Gasteiger partial charge is 0.477 e. The fraction of sp³-hybridized carbons (Fsp3) is 0.500. The second-order valence-electron chi connectivity index (χ2n) is 4.91. The maximum atomic E-state index is 12.6. The van der Waals surface area contributed by atoms with Crippen LogP contribution in [0.15, 0.2) is 12.1 Å². The van der Waals surface area contributed by atoms with Crippen molar-refractivity contribution in [2.45, 2.75) is 33.0 Å². The number of amides is 1. The van der Waals surface area contributed by atoms with Crippen LogP contribution >= 0.6 is 11.3 Å². The van der Waals surface area contributed by atoms with Crippen LogP contribution < -0.4 is 5.32 Å². The number of hydrogen-bond donors (Lipinski definition) is 2. The van der Waals surface area contributed by atoms with Gasteiger partial charge >= 0.3 is 12.1 Å². The average molecular weight is 309 g/mol. The first-order valence-electron chi connectivity index (χ1n) is 5.68. The third-order valence-electron chi connectivity index (χ3n) is 2.70. The summed E-state index contributed by atoms with van der Waals surface area (Å²) in [6, 6.07) is 2.90. The predicted molar refractivity (Wildman–Crippen MR) is 67.6 cm³/mol. The van der Waals surface area contributed by atoms with E-state index in [1.807, 2.05) is 0 Å². The van der Waals surface area contributed by atoms with Crippen LogP contribution in [0.2, 0.25) is 0 Å². The molecular formula is C12H14F3NO3S. The van der Waals surface area contributed by atoms with Gasteiger partial charge in [0.05, 0.1) is 12.0 Å². The molecule has 0 fully saturated rings. The topological polar surface area (TPSA) is 66.4 Å². The number of carboxylic acids is 1. The van der Waals surface area contributed by atoms with Crippen molar-refractivity contribution in [3.05, 3.63) is 21.9 Å². The summed E-state index contributed by atoms with van der Waals surface area (Å²) in [5, 5.41) is 11.1. The minimum Gasteiger partial charge on any atom is -0.477 e. The van der Waals surface area contributed by atoms with Gasteiger partial charge in [-0.1, -0.05) is 13.8 Å². The summed E-state index contributed by atoms with van der Waals surface area (Å²) in [6.07, 6.45) is -5.13. The number of carboxylic acid groups (broad SMARTS) is 1. The van der Waals surface area contributed by atoms with Gasteiger partial charge in [-0.2, -0.15) is 13.2 Å². The zero-order valence-corrected chi connectivity index (χ0v) is 11.7. The van der Waals surface area contributed by atoms with Crippen LogP contribution in [0.5, 0.6) is 0 Å². The molecule has 0 saturated carbocycles. The van der Waals surface area contributed by atoms with E-state index in [0.29, 0.717) is 4.88 Å². The molecule has 20 heavy (non-hydrogen) atoms. The van der Waals surface area contributed by atoms with Crippen LogP contribution in [0.1, 0.15) is 34.8 Å². The quantitative estimate of drug-likeness (QED) is 0.878. The van der Waals surface area contributed by atoms with Gasteiger partial charge in [-0.15, -0.1) is 11.3 Å². The van der Waals surface area contributed by atoms with Gasteiger partial charge in [0.25, 0.3) is 0 Å². The lowest BCUT2D eigenvalue weighted by molar-refractivity contribution is -0.213. The standard InChI is InChI=1S/C12H14F3NO3S/c1-11(2,12(13,14)15)5-9(17)16-6-7-3-4-8(20-7)10(18)19/h3-4H,5-6H2,1-2H3,(H,16,17)(H,18,19). The van der Waals surface area contributed by atoms with E-state index in [9.17, 15) is 22.8 Å². The van der Waals surface area contributed by atoms with Crippen molar-refractivity contribution in [3.63, 3.8) is 0 Å². The van der Waals surface area contributed by atoms with Crippen LogP contribution in [0, 0.1) is 5.41 Å². The monoisotopic (exact) mass is 309 g/mol. The van der Waals surface area contributed by atoms with Crippen molar-refractivity contribution in [3.8, 4) is 0 Å². The summed E-state index contributed by atoms with van der Waals surface area (Å²) in [5.41, 5.74) is -2.10. The Labute approximate surface area is 117 Å². The molecule has 0 bridgehead atoms. The van der Waals surface area contributed by atoms with Gasteiger partial charge < -0.3 is 10.4 Å². The van der Waals surface area contributed by atoms with Crippen molar-refractivity contribution in [2.24, 2.45) is 5.41 Å². The molecule has 0 saturated heterocycles. The molecular weight excluding hydrogens is 295 g/mol. The number of rotatable bonds is 5. The van der Waals surface area contributed by atoms with Gasteiger partial charge in [0.1, 0.15) is 4.88 Å². The smallest absolute Gasteiger partial charge is 0.394 e. The van der Waals surface area contributed by atoms with Gasteiger partial charge in [-0.3, -0.25) is 4.79 Å². The maximum Gasteiger partial charge on any atom is 0.394 e. The lowest BCUT2D eigenvalue weighted by atomic mass is 9.88. The van der Waals surface area contributed by atoms with Gasteiger partial charge in [0, 0.05) is 11.3 Å². The molecule has 1 amide bonds. The summed E-state index contributed by atoms with van der Waals surface area (Å²) in [4.78, 5) is 22.8. The molecule has 0 atom stereocenters. The van der Waals surface area contributed by atoms with Gasteiger partial charge in [-0.05, 0) is 12.1 Å². The Bertz CT molecular complexity index is 508. The molecule has 0 spiro atoms. The second-order valence-corrected chi connectivity index (χ2v) is 6.07. The molecule has 0 aromatic carbocycles. The van der Waals surface area contributed by atoms with Crippen LogP contribution in [-0.2, 0) is 11.3 Å². The van der Waals surface area contributed by atoms with E-state index in [1.54, 1.807) is 0 Å². The average Bonchev–Trinajstić information content (AvgIpc) is 2.72. The molecule has 0 radical (unpaired) electrons. The van der Waals surface area contributed by atoms with Crippen LogP contribution in [0.3, 0.4) is 0 Å². The Morgan fingerprint density at radius 1 is 1.30 bits per heavy atom. The molecule has 0 aliphatic heterocycles. The Balaban J connectivity index is 2.53. The van der Waals surface area contributed by atoms with Crippen LogP contribution in [-0.4, -0.2) is 23.2 Å². The van der Waals surface area contributed by atoms with Crippen LogP contribution in [0.25, 0.3) is 0 Å². The molecule has 8 heteroatoms. The van der Waals surface area contributed by atoms with Gasteiger partial charge in [-0.25, -0.2) is 4.79 Å². The summed E-state index contributed by atoms with van der Waals surface area (Å²) < 4.78 is 37.8. The first-order valence-corrected chi connectivity index (χ1v) is 6.50. The van der Waals surface area contributed by atoms with Gasteiger partial charge in [0.2, 0.25) is 5.91 Å². The lowest BCUT2D eigenvalue weighted by Gasteiger charge is -2.26. The van der Waals surface area contributed by atoms with E-state index in [-0.39, 0.29) is 11.4 Å². The Morgan fingerprint density at radius 3 is 2.35 bits per heavy atom. The van der Waals surface area contributed by atoms with Crippen molar-refractivity contribution < 1.29 is 27.9 Å². The highest BCUT2D eigenvalue weighted by molar-refractivity contribution is 7.13. The summed E-state index contributed by atoms with van der Waals surface area (Å²) >= 11 is 0.970. The van der Waals surface area contributed by atoms with E-state index in [0.717, 1.165) is 25.2 Å². The highest BCUT2D eigenvalue weighted by atomic mass is 32.1. The maximum absolute atomic E-state index is 12.6. The molecule has 4 nitrogen and oxygen atoms in total. The fourth-order valence-electron chi connectivity index (χ4n) is 1.34. The molecule has 2 N–H and O–H groups in total. The number of carbonyl (C=O) groups excluding carboxylic acids is 1. The van der Waals surface area contributed by atoms with Crippen molar-refractivity contribution in [2.75, 3.05) is 0 Å². The first kappa shape index (κ1) is 16.5. The van der Waals surface area contributed by atoms with Gasteiger partial charge in [0.15, 0.2) is 0 Å². The van der Waals surface area contributed by atoms with E-state index in [4.69, 9.17) is 5.11 Å². The summed E-state index contributed by atoms with van der Waals surface area (Å²) in [5.74, 6) is -1.80. The predicted octanol–water partition coefficient (Wildman–Crippen LogP) is 3.04.